The van der Waals surface area contributed by atoms with Crippen LogP contribution in [0.5, 0.6) is 0 Å². The van der Waals surface area contributed by atoms with Gasteiger partial charge < -0.3 is 14.5 Å². The number of nitrogens with one attached hydrogen (secondary N) is 1. The zero-order valence-electron chi connectivity index (χ0n) is 14.0. The van der Waals surface area contributed by atoms with Crippen LogP contribution in [0.15, 0.2) is 18.2 Å². The molecule has 4 rings (SSSR count). The lowest BCUT2D eigenvalue weighted by atomic mass is 10.1. The summed E-state index contributed by atoms with van der Waals surface area (Å²) in [5.74, 6) is 0.121. The molecule has 2 aliphatic rings. The van der Waals surface area contributed by atoms with Crippen molar-refractivity contribution in [3.8, 4) is 0 Å². The average Bonchev–Trinajstić information content (AvgIpc) is 3.27. The van der Waals surface area contributed by atoms with Crippen molar-refractivity contribution in [2.75, 3.05) is 39.4 Å². The van der Waals surface area contributed by atoms with E-state index in [2.05, 4.69) is 15.4 Å². The number of amides is 2. The van der Waals surface area contributed by atoms with Crippen LogP contribution in [-0.4, -0.2) is 76.4 Å². The van der Waals surface area contributed by atoms with Crippen molar-refractivity contribution >= 4 is 22.8 Å². The van der Waals surface area contributed by atoms with Gasteiger partial charge in [0.25, 0.3) is 5.91 Å². The molecule has 0 spiro atoms. The maximum atomic E-state index is 12.8. The molecule has 25 heavy (non-hydrogen) atoms. The molecule has 8 nitrogen and oxygen atoms in total. The van der Waals surface area contributed by atoms with Gasteiger partial charge >= 0.3 is 0 Å². The van der Waals surface area contributed by atoms with Gasteiger partial charge in [0.15, 0.2) is 0 Å². The molecule has 1 atom stereocenters. The number of benzene rings is 1. The first kappa shape index (κ1) is 16.0. The highest BCUT2D eigenvalue weighted by atomic mass is 16.5. The summed E-state index contributed by atoms with van der Waals surface area (Å²) in [7, 11) is 0. The quantitative estimate of drug-likeness (QED) is 0.865. The summed E-state index contributed by atoms with van der Waals surface area (Å²) >= 11 is 0. The second-order valence-electron chi connectivity index (χ2n) is 6.56. The van der Waals surface area contributed by atoms with E-state index < -0.39 is 0 Å². The molecule has 1 aromatic heterocycles. The minimum atomic E-state index is -0.0246. The molecule has 8 heteroatoms. The molecule has 2 aliphatic heterocycles. The second kappa shape index (κ2) is 6.79. The van der Waals surface area contributed by atoms with Gasteiger partial charge in [-0.1, -0.05) is 0 Å². The molecule has 2 saturated heterocycles. The summed E-state index contributed by atoms with van der Waals surface area (Å²) in [5, 5.41) is 10.6. The van der Waals surface area contributed by atoms with E-state index in [4.69, 9.17) is 4.74 Å². The number of aromatic amines is 1. The zero-order valence-corrected chi connectivity index (χ0v) is 14.0. The van der Waals surface area contributed by atoms with Crippen LogP contribution in [0.25, 0.3) is 11.0 Å². The Morgan fingerprint density at radius 3 is 2.72 bits per heavy atom. The van der Waals surface area contributed by atoms with Crippen LogP contribution in [-0.2, 0) is 9.53 Å². The van der Waals surface area contributed by atoms with Crippen LogP contribution in [0.3, 0.4) is 0 Å². The molecule has 0 saturated carbocycles. The Balaban J connectivity index is 1.42. The van der Waals surface area contributed by atoms with E-state index in [0.29, 0.717) is 50.5 Å². The normalized spacial score (nSPS) is 21.5. The minimum absolute atomic E-state index is 0.0168. The van der Waals surface area contributed by atoms with Gasteiger partial charge in [-0.3, -0.25) is 9.59 Å². The number of H-pyrrole nitrogens is 1. The number of rotatable bonds is 2. The van der Waals surface area contributed by atoms with Gasteiger partial charge in [0.05, 0.1) is 12.5 Å². The summed E-state index contributed by atoms with van der Waals surface area (Å²) in [6, 6.07) is 5.32. The van der Waals surface area contributed by atoms with Gasteiger partial charge in [0, 0.05) is 38.3 Å². The van der Waals surface area contributed by atoms with Gasteiger partial charge in [0.1, 0.15) is 11.0 Å². The molecule has 0 aliphatic carbocycles. The Kier molecular flexibility index (Phi) is 4.35. The molecule has 1 aromatic carbocycles. The molecular weight excluding hydrogens is 322 g/mol. The highest BCUT2D eigenvalue weighted by Crippen LogP contribution is 2.18. The lowest BCUT2D eigenvalue weighted by molar-refractivity contribution is -0.135. The van der Waals surface area contributed by atoms with Crippen molar-refractivity contribution in [3.63, 3.8) is 0 Å². The first-order valence-corrected chi connectivity index (χ1v) is 8.69. The topological polar surface area (TPSA) is 91.4 Å². The van der Waals surface area contributed by atoms with Crippen LogP contribution in [0.2, 0.25) is 0 Å². The van der Waals surface area contributed by atoms with E-state index in [-0.39, 0.29) is 17.7 Å². The number of aromatic nitrogens is 3. The molecule has 132 valence electrons. The third-order valence-electron chi connectivity index (χ3n) is 4.94. The Hall–Kier alpha value is -2.48. The maximum absolute atomic E-state index is 12.8. The van der Waals surface area contributed by atoms with Crippen molar-refractivity contribution in [1.82, 2.24) is 25.2 Å². The predicted molar refractivity (Wildman–Crippen MR) is 89.9 cm³/mol. The van der Waals surface area contributed by atoms with Gasteiger partial charge in [0.2, 0.25) is 5.91 Å². The molecule has 1 unspecified atom stereocenters. The lowest BCUT2D eigenvalue weighted by Crippen LogP contribution is -2.40. The van der Waals surface area contributed by atoms with Crippen LogP contribution >= 0.6 is 0 Å². The summed E-state index contributed by atoms with van der Waals surface area (Å²) in [6.07, 6.45) is 1.59. The highest BCUT2D eigenvalue weighted by molar-refractivity contribution is 5.97. The Morgan fingerprint density at radius 1 is 1.08 bits per heavy atom. The summed E-state index contributed by atoms with van der Waals surface area (Å²) in [6.45, 7) is 3.67. The molecule has 0 bridgehead atoms. The van der Waals surface area contributed by atoms with E-state index in [1.807, 2.05) is 9.80 Å². The van der Waals surface area contributed by atoms with E-state index >= 15 is 0 Å². The molecule has 2 fully saturated rings. The number of carbonyl (C=O) groups excluding carboxylic acids is 2. The van der Waals surface area contributed by atoms with E-state index in [0.717, 1.165) is 18.4 Å². The van der Waals surface area contributed by atoms with Crippen LogP contribution in [0.1, 0.15) is 23.2 Å². The average molecular weight is 343 g/mol. The minimum Gasteiger partial charge on any atom is -0.381 e. The lowest BCUT2D eigenvalue weighted by Gasteiger charge is -2.24. The zero-order chi connectivity index (χ0) is 17.2. The smallest absolute Gasteiger partial charge is 0.253 e. The fourth-order valence-corrected chi connectivity index (χ4v) is 3.48. The van der Waals surface area contributed by atoms with Crippen molar-refractivity contribution < 1.29 is 14.3 Å². The summed E-state index contributed by atoms with van der Waals surface area (Å²) in [4.78, 5) is 29.0. The predicted octanol–water partition coefficient (Wildman–Crippen LogP) is 0.669. The summed E-state index contributed by atoms with van der Waals surface area (Å²) < 4.78 is 5.32. The van der Waals surface area contributed by atoms with Gasteiger partial charge in [-0.25, -0.2) is 0 Å². The number of hydrogen-bond donors (Lipinski definition) is 1. The molecule has 3 heterocycles. The van der Waals surface area contributed by atoms with Crippen LogP contribution < -0.4 is 0 Å². The van der Waals surface area contributed by atoms with Crippen LogP contribution in [0, 0.1) is 5.92 Å². The van der Waals surface area contributed by atoms with E-state index in [9.17, 15) is 9.59 Å². The van der Waals surface area contributed by atoms with Crippen molar-refractivity contribution in [2.24, 2.45) is 5.92 Å². The molecule has 2 aromatic rings. The van der Waals surface area contributed by atoms with Crippen molar-refractivity contribution in [3.05, 3.63) is 23.8 Å². The third-order valence-corrected chi connectivity index (χ3v) is 4.94. The van der Waals surface area contributed by atoms with Gasteiger partial charge in [-0.05, 0) is 31.0 Å². The fourth-order valence-electron chi connectivity index (χ4n) is 3.48. The van der Waals surface area contributed by atoms with Gasteiger partial charge in [-0.2, -0.15) is 15.4 Å². The Labute approximate surface area is 145 Å². The molecule has 0 radical (unpaired) electrons. The molecule has 1 N–H and O–H groups in total. The van der Waals surface area contributed by atoms with Gasteiger partial charge in [-0.15, -0.1) is 0 Å². The second-order valence-corrected chi connectivity index (χ2v) is 6.56. The number of fused-ring (bicyclic) bond motifs is 1. The van der Waals surface area contributed by atoms with Crippen molar-refractivity contribution in [1.29, 1.82) is 0 Å². The number of hydrogen-bond acceptors (Lipinski definition) is 5. The number of ether oxygens (including phenoxy) is 1. The Bertz CT molecular complexity index is 783. The van der Waals surface area contributed by atoms with E-state index in [1.54, 1.807) is 18.2 Å². The van der Waals surface area contributed by atoms with E-state index in [1.165, 1.54) is 0 Å². The summed E-state index contributed by atoms with van der Waals surface area (Å²) in [5.41, 5.74) is 2.02. The third kappa shape index (κ3) is 3.21. The van der Waals surface area contributed by atoms with Crippen LogP contribution in [0.4, 0.5) is 0 Å². The monoisotopic (exact) mass is 343 g/mol. The molecule has 2 amide bonds. The first-order valence-electron chi connectivity index (χ1n) is 8.69. The largest absolute Gasteiger partial charge is 0.381 e. The number of carbonyl (C=O) groups is 2. The highest BCUT2D eigenvalue weighted by Gasteiger charge is 2.30. The van der Waals surface area contributed by atoms with Crippen molar-refractivity contribution in [2.45, 2.75) is 12.8 Å². The fraction of sp³-hybridized carbons (Fsp3) is 0.529. The SMILES string of the molecule is O=C(c1ccc2n[nH]nc2c1)N1CCCN(C(=O)C2CCOC2)CC1. The number of nitrogens with zero attached hydrogens (tertiary/aromatic N) is 4. The first-order chi connectivity index (χ1) is 12.2. The Morgan fingerprint density at radius 2 is 1.88 bits per heavy atom. The molecular formula is C17H21N5O3. The maximum Gasteiger partial charge on any atom is 0.253 e. The standard InChI is InChI=1S/C17H21N5O3/c23-16(12-2-3-14-15(10-12)19-20-18-14)21-5-1-6-22(8-7-21)17(24)13-4-9-25-11-13/h2-3,10,13H,1,4-9,11H2,(H,18,19,20).